The summed E-state index contributed by atoms with van der Waals surface area (Å²) in [6.45, 7) is -0.00298. The number of halogens is 1. The van der Waals surface area contributed by atoms with Gasteiger partial charge in [0.05, 0.1) is 0 Å². The summed E-state index contributed by atoms with van der Waals surface area (Å²) < 4.78 is 40.5. The molecule has 21 heavy (non-hydrogen) atoms. The number of nitriles is 1. The molecular weight excluding hydrogens is 295 g/mol. The van der Waals surface area contributed by atoms with Crippen molar-refractivity contribution in [3.8, 4) is 6.07 Å². The topological polar surface area (TPSA) is 90.2 Å². The van der Waals surface area contributed by atoms with Crippen LogP contribution in [-0.2, 0) is 10.0 Å². The summed E-state index contributed by atoms with van der Waals surface area (Å²) in [5.74, 6) is -0.863. The molecule has 0 heterocycles. The lowest BCUT2D eigenvalue weighted by Crippen LogP contribution is -2.38. The van der Waals surface area contributed by atoms with Crippen LogP contribution in [-0.4, -0.2) is 26.7 Å². The molecule has 1 aliphatic carbocycles. The fourth-order valence-corrected chi connectivity index (χ4v) is 4.00. The Labute approximate surface area is 123 Å². The fourth-order valence-electron chi connectivity index (χ4n) is 2.68. The minimum Gasteiger partial charge on any atom is -0.396 e. The van der Waals surface area contributed by atoms with Gasteiger partial charge in [-0.3, -0.25) is 0 Å². The van der Waals surface area contributed by atoms with E-state index in [-0.39, 0.29) is 18.0 Å². The van der Waals surface area contributed by atoms with Crippen molar-refractivity contribution in [2.75, 3.05) is 13.2 Å². The number of aliphatic hydroxyl groups excluding tert-OH is 1. The third kappa shape index (κ3) is 3.23. The number of benzene rings is 1. The summed E-state index contributed by atoms with van der Waals surface area (Å²) in [4.78, 5) is -0.365. The normalized spacial score (nSPS) is 17.6. The van der Waals surface area contributed by atoms with E-state index in [9.17, 15) is 17.9 Å². The van der Waals surface area contributed by atoms with Crippen molar-refractivity contribution in [1.82, 2.24) is 4.72 Å². The van der Waals surface area contributed by atoms with Gasteiger partial charge >= 0.3 is 0 Å². The van der Waals surface area contributed by atoms with Crippen LogP contribution in [0.15, 0.2) is 23.1 Å². The molecule has 0 spiro atoms. The number of nitrogens with zero attached hydrogens (tertiary/aromatic N) is 1. The second-order valence-corrected chi connectivity index (χ2v) is 7.15. The van der Waals surface area contributed by atoms with Gasteiger partial charge in [-0.15, -0.1) is 0 Å². The van der Waals surface area contributed by atoms with Crippen molar-refractivity contribution in [1.29, 1.82) is 5.26 Å². The van der Waals surface area contributed by atoms with Crippen LogP contribution in [0.5, 0.6) is 0 Å². The van der Waals surface area contributed by atoms with Crippen molar-refractivity contribution in [3.63, 3.8) is 0 Å². The maximum atomic E-state index is 13.5. The summed E-state index contributed by atoms with van der Waals surface area (Å²) in [5.41, 5.74) is -0.942. The Morgan fingerprint density at radius 3 is 2.62 bits per heavy atom. The Kier molecular flexibility index (Phi) is 4.61. The molecule has 1 saturated carbocycles. The highest BCUT2D eigenvalue weighted by Crippen LogP contribution is 2.37. The molecule has 1 fully saturated rings. The molecule has 114 valence electrons. The van der Waals surface area contributed by atoms with E-state index in [1.165, 1.54) is 12.1 Å². The smallest absolute Gasteiger partial charge is 0.242 e. The summed E-state index contributed by atoms with van der Waals surface area (Å²) in [6, 6.07) is 5.07. The van der Waals surface area contributed by atoms with Gasteiger partial charge in [-0.25, -0.2) is 17.5 Å². The first-order valence-electron chi connectivity index (χ1n) is 6.73. The molecule has 0 radical (unpaired) electrons. The highest BCUT2D eigenvalue weighted by atomic mass is 32.2. The molecular formula is C14H17FN2O3S. The molecule has 0 aliphatic heterocycles. The van der Waals surface area contributed by atoms with Crippen LogP contribution in [0.2, 0.25) is 0 Å². The van der Waals surface area contributed by atoms with Crippen LogP contribution < -0.4 is 4.72 Å². The predicted octanol–water partition coefficient (Wildman–Crippen LogP) is 1.53. The number of hydrogen-bond donors (Lipinski definition) is 2. The van der Waals surface area contributed by atoms with E-state index in [4.69, 9.17) is 5.26 Å². The van der Waals surface area contributed by atoms with Crippen molar-refractivity contribution in [2.45, 2.75) is 30.6 Å². The number of aliphatic hydroxyl groups is 1. The van der Waals surface area contributed by atoms with Gasteiger partial charge in [0.2, 0.25) is 10.0 Å². The fraction of sp³-hybridized carbons (Fsp3) is 0.500. The number of hydrogen-bond acceptors (Lipinski definition) is 4. The van der Waals surface area contributed by atoms with E-state index in [1.807, 2.05) is 0 Å². The summed E-state index contributed by atoms with van der Waals surface area (Å²) in [7, 11) is -3.98. The molecule has 1 aliphatic rings. The van der Waals surface area contributed by atoms with E-state index in [2.05, 4.69) is 4.72 Å². The first-order valence-corrected chi connectivity index (χ1v) is 8.22. The highest BCUT2D eigenvalue weighted by molar-refractivity contribution is 7.89. The Balaban J connectivity index is 2.24. The maximum absolute atomic E-state index is 13.5. The zero-order valence-electron chi connectivity index (χ0n) is 11.5. The van der Waals surface area contributed by atoms with E-state index >= 15 is 0 Å². The molecule has 2 N–H and O–H groups in total. The van der Waals surface area contributed by atoms with Gasteiger partial charge < -0.3 is 5.11 Å². The number of rotatable bonds is 5. The first-order chi connectivity index (χ1) is 9.94. The lowest BCUT2D eigenvalue weighted by atomic mass is 9.88. The Bertz CT molecular complexity index is 661. The van der Waals surface area contributed by atoms with Crippen LogP contribution >= 0.6 is 0 Å². The molecule has 1 aromatic rings. The van der Waals surface area contributed by atoms with Crippen LogP contribution in [0.25, 0.3) is 0 Å². The zero-order chi connectivity index (χ0) is 15.5. The van der Waals surface area contributed by atoms with Crippen LogP contribution in [0.3, 0.4) is 0 Å². The van der Waals surface area contributed by atoms with Gasteiger partial charge in [-0.05, 0) is 25.0 Å². The molecule has 0 bridgehead atoms. The van der Waals surface area contributed by atoms with Crippen LogP contribution in [0.4, 0.5) is 4.39 Å². The Morgan fingerprint density at radius 1 is 1.38 bits per heavy atom. The van der Waals surface area contributed by atoms with E-state index in [1.54, 1.807) is 6.07 Å². The minimum atomic E-state index is -3.98. The van der Waals surface area contributed by atoms with E-state index in [0.29, 0.717) is 0 Å². The largest absolute Gasteiger partial charge is 0.396 e. The summed E-state index contributed by atoms with van der Waals surface area (Å²) in [6.07, 6.45) is 3.40. The molecule has 0 amide bonds. The lowest BCUT2D eigenvalue weighted by Gasteiger charge is -2.26. The lowest BCUT2D eigenvalue weighted by molar-refractivity contribution is 0.134. The van der Waals surface area contributed by atoms with Gasteiger partial charge in [0.15, 0.2) is 0 Å². The molecule has 1 aromatic carbocycles. The molecule has 0 atom stereocenters. The SMILES string of the molecule is N#Cc1c(F)cccc1S(=O)(=O)NCC1(CO)CCCC1. The summed E-state index contributed by atoms with van der Waals surface area (Å²) >= 11 is 0. The average Bonchev–Trinajstić information content (AvgIpc) is 2.94. The van der Waals surface area contributed by atoms with Crippen molar-refractivity contribution in [2.24, 2.45) is 5.41 Å². The van der Waals surface area contributed by atoms with Gasteiger partial charge in [0.1, 0.15) is 22.3 Å². The standard InChI is InChI=1S/C14H17FN2O3S/c15-12-4-3-5-13(11(12)8-16)21(19,20)17-9-14(10-18)6-1-2-7-14/h3-5,17-18H,1-2,6-7,9-10H2. The second kappa shape index (κ2) is 6.10. The van der Waals surface area contributed by atoms with Gasteiger partial charge in [0, 0.05) is 18.6 Å². The molecule has 0 saturated heterocycles. The number of sulfonamides is 1. The van der Waals surface area contributed by atoms with Crippen molar-refractivity contribution >= 4 is 10.0 Å². The molecule has 0 unspecified atom stereocenters. The zero-order valence-corrected chi connectivity index (χ0v) is 12.3. The second-order valence-electron chi connectivity index (χ2n) is 5.41. The molecule has 5 nitrogen and oxygen atoms in total. The predicted molar refractivity (Wildman–Crippen MR) is 74.3 cm³/mol. The molecule has 0 aromatic heterocycles. The molecule has 7 heteroatoms. The first kappa shape index (κ1) is 15.9. The Morgan fingerprint density at radius 2 is 2.05 bits per heavy atom. The third-order valence-electron chi connectivity index (χ3n) is 4.01. The van der Waals surface area contributed by atoms with Gasteiger partial charge in [-0.1, -0.05) is 18.9 Å². The van der Waals surface area contributed by atoms with E-state index < -0.39 is 26.8 Å². The monoisotopic (exact) mass is 312 g/mol. The van der Waals surface area contributed by atoms with Gasteiger partial charge in [-0.2, -0.15) is 5.26 Å². The molecule has 2 rings (SSSR count). The van der Waals surface area contributed by atoms with Crippen molar-refractivity contribution in [3.05, 3.63) is 29.6 Å². The van der Waals surface area contributed by atoms with Crippen LogP contribution in [0.1, 0.15) is 31.2 Å². The minimum absolute atomic E-state index is 0.0905. The number of nitrogens with one attached hydrogen (secondary N) is 1. The van der Waals surface area contributed by atoms with Crippen LogP contribution in [0, 0.1) is 22.6 Å². The van der Waals surface area contributed by atoms with Crippen molar-refractivity contribution < 1.29 is 17.9 Å². The van der Waals surface area contributed by atoms with Gasteiger partial charge in [0.25, 0.3) is 0 Å². The highest BCUT2D eigenvalue weighted by Gasteiger charge is 2.35. The third-order valence-corrected chi connectivity index (χ3v) is 5.46. The summed E-state index contributed by atoms with van der Waals surface area (Å²) in [5, 5.41) is 18.4. The maximum Gasteiger partial charge on any atom is 0.242 e. The van der Waals surface area contributed by atoms with E-state index in [0.717, 1.165) is 31.7 Å². The Hall–Kier alpha value is -1.49. The quantitative estimate of drug-likeness (QED) is 0.862. The average molecular weight is 312 g/mol.